The first-order valence-corrected chi connectivity index (χ1v) is 6.86. The van der Waals surface area contributed by atoms with E-state index < -0.39 is 0 Å². The minimum Gasteiger partial charge on any atom is -0.314 e. The number of nitrogens with zero attached hydrogens (tertiary/aromatic N) is 1. The number of nitrogens with one attached hydrogen (secondary N) is 1. The minimum absolute atomic E-state index is 1.19. The van der Waals surface area contributed by atoms with E-state index in [4.69, 9.17) is 0 Å². The van der Waals surface area contributed by atoms with Gasteiger partial charge in [0.15, 0.2) is 0 Å². The van der Waals surface area contributed by atoms with E-state index in [1.807, 2.05) is 13.8 Å². The first-order chi connectivity index (χ1) is 7.43. The van der Waals surface area contributed by atoms with E-state index in [0.29, 0.717) is 0 Å². The van der Waals surface area contributed by atoms with E-state index in [-0.39, 0.29) is 0 Å². The summed E-state index contributed by atoms with van der Waals surface area (Å²) in [5.41, 5.74) is 0. The maximum absolute atomic E-state index is 3.38. The molecule has 2 nitrogen and oxygen atoms in total. The fraction of sp³-hybridized carbons (Fsp3) is 1.00. The van der Waals surface area contributed by atoms with Crippen LogP contribution in [-0.2, 0) is 0 Å². The van der Waals surface area contributed by atoms with Gasteiger partial charge in [0.05, 0.1) is 0 Å². The molecule has 0 aromatic carbocycles. The van der Waals surface area contributed by atoms with Crippen molar-refractivity contribution in [1.29, 1.82) is 0 Å². The Morgan fingerprint density at radius 2 is 1.53 bits per heavy atom. The van der Waals surface area contributed by atoms with E-state index >= 15 is 0 Å². The molecule has 1 rings (SSSR count). The Balaban J connectivity index is 0.000000921. The molecule has 0 atom stereocenters. The van der Waals surface area contributed by atoms with Gasteiger partial charge in [-0.1, -0.05) is 46.5 Å². The van der Waals surface area contributed by atoms with Crippen molar-refractivity contribution >= 4 is 0 Å². The number of unbranched alkanes of at least 4 members (excludes halogenated alkanes) is 4. The molecule has 0 radical (unpaired) electrons. The van der Waals surface area contributed by atoms with Gasteiger partial charge in [-0.15, -0.1) is 0 Å². The third kappa shape index (κ3) is 8.88. The molecule has 0 aliphatic carbocycles. The summed E-state index contributed by atoms with van der Waals surface area (Å²) in [4.78, 5) is 2.59. The smallest absolute Gasteiger partial charge is 0.0107 e. The zero-order valence-corrected chi connectivity index (χ0v) is 11.0. The molecule has 0 bridgehead atoms. The standard InChI is InChI=1S/C11H24N2.C2H6/c1-2-3-4-5-6-9-13-10-7-12-8-11-13;1-2/h12H,2-11H2,1H3;1-2H3. The highest BCUT2D eigenvalue weighted by Gasteiger charge is 2.07. The minimum atomic E-state index is 1.19. The summed E-state index contributed by atoms with van der Waals surface area (Å²) in [6, 6.07) is 0. The van der Waals surface area contributed by atoms with Crippen LogP contribution >= 0.6 is 0 Å². The van der Waals surface area contributed by atoms with Gasteiger partial charge >= 0.3 is 0 Å². The van der Waals surface area contributed by atoms with E-state index in [2.05, 4.69) is 17.1 Å². The molecule has 1 saturated heterocycles. The van der Waals surface area contributed by atoms with Gasteiger partial charge < -0.3 is 10.2 Å². The normalized spacial score (nSPS) is 17.0. The van der Waals surface area contributed by atoms with Gasteiger partial charge in [-0.25, -0.2) is 0 Å². The van der Waals surface area contributed by atoms with Gasteiger partial charge in [0.2, 0.25) is 0 Å². The second kappa shape index (κ2) is 12.0. The fourth-order valence-corrected chi connectivity index (χ4v) is 1.87. The molecule has 0 saturated carbocycles. The van der Waals surface area contributed by atoms with Crippen LogP contribution in [-0.4, -0.2) is 37.6 Å². The lowest BCUT2D eigenvalue weighted by Crippen LogP contribution is -2.43. The van der Waals surface area contributed by atoms with E-state index in [9.17, 15) is 0 Å². The maximum Gasteiger partial charge on any atom is 0.0107 e. The molecule has 1 aliphatic rings. The van der Waals surface area contributed by atoms with Crippen molar-refractivity contribution in [2.45, 2.75) is 52.9 Å². The molecule has 1 aliphatic heterocycles. The van der Waals surface area contributed by atoms with Crippen LogP contribution < -0.4 is 5.32 Å². The average Bonchev–Trinajstić information content (AvgIpc) is 2.33. The van der Waals surface area contributed by atoms with Crippen LogP contribution in [0.15, 0.2) is 0 Å². The highest BCUT2D eigenvalue weighted by Crippen LogP contribution is 2.04. The predicted molar refractivity (Wildman–Crippen MR) is 69.4 cm³/mol. The third-order valence-corrected chi connectivity index (χ3v) is 2.79. The Morgan fingerprint density at radius 3 is 2.13 bits per heavy atom. The van der Waals surface area contributed by atoms with Gasteiger partial charge in [-0.3, -0.25) is 0 Å². The van der Waals surface area contributed by atoms with E-state index in [0.717, 1.165) is 0 Å². The molecule has 0 amide bonds. The molecule has 0 aromatic heterocycles. The van der Waals surface area contributed by atoms with Crippen LogP contribution in [0.3, 0.4) is 0 Å². The first-order valence-electron chi connectivity index (χ1n) is 6.86. The number of hydrogen-bond donors (Lipinski definition) is 1. The van der Waals surface area contributed by atoms with Crippen LogP contribution in [0.4, 0.5) is 0 Å². The molecular formula is C13H30N2. The molecule has 15 heavy (non-hydrogen) atoms. The Bertz CT molecular complexity index is 109. The Labute approximate surface area is 96.4 Å². The van der Waals surface area contributed by atoms with E-state index in [1.165, 1.54) is 64.8 Å². The van der Waals surface area contributed by atoms with Crippen molar-refractivity contribution < 1.29 is 0 Å². The molecule has 2 heteroatoms. The van der Waals surface area contributed by atoms with Crippen LogP contribution in [0.25, 0.3) is 0 Å². The molecule has 92 valence electrons. The second-order valence-corrected chi connectivity index (χ2v) is 4.01. The molecule has 0 unspecified atom stereocenters. The maximum atomic E-state index is 3.38. The Kier molecular flexibility index (Phi) is 11.9. The van der Waals surface area contributed by atoms with Gasteiger partial charge in [-0.2, -0.15) is 0 Å². The van der Waals surface area contributed by atoms with Gasteiger partial charge in [-0.05, 0) is 13.0 Å². The van der Waals surface area contributed by atoms with Crippen LogP contribution in [0.1, 0.15) is 52.9 Å². The van der Waals surface area contributed by atoms with Gasteiger partial charge in [0, 0.05) is 26.2 Å². The summed E-state index contributed by atoms with van der Waals surface area (Å²) >= 11 is 0. The molecular weight excluding hydrogens is 184 g/mol. The summed E-state index contributed by atoms with van der Waals surface area (Å²) < 4.78 is 0. The predicted octanol–water partition coefficient (Wildman–Crippen LogP) is 2.89. The average molecular weight is 214 g/mol. The third-order valence-electron chi connectivity index (χ3n) is 2.79. The van der Waals surface area contributed by atoms with E-state index in [1.54, 1.807) is 0 Å². The van der Waals surface area contributed by atoms with Crippen molar-refractivity contribution in [1.82, 2.24) is 10.2 Å². The van der Waals surface area contributed by atoms with Gasteiger partial charge in [0.25, 0.3) is 0 Å². The van der Waals surface area contributed by atoms with Crippen molar-refractivity contribution in [3.63, 3.8) is 0 Å². The molecule has 0 spiro atoms. The highest BCUT2D eigenvalue weighted by molar-refractivity contribution is 4.66. The van der Waals surface area contributed by atoms with Gasteiger partial charge in [0.1, 0.15) is 0 Å². The van der Waals surface area contributed by atoms with Crippen LogP contribution in [0.5, 0.6) is 0 Å². The summed E-state index contributed by atoms with van der Waals surface area (Å²) in [6.45, 7) is 12.5. The molecule has 0 aromatic rings. The molecule has 1 fully saturated rings. The zero-order valence-electron chi connectivity index (χ0n) is 11.0. The van der Waals surface area contributed by atoms with Crippen molar-refractivity contribution in [3.05, 3.63) is 0 Å². The summed E-state index contributed by atoms with van der Waals surface area (Å²) in [7, 11) is 0. The Morgan fingerprint density at radius 1 is 0.933 bits per heavy atom. The van der Waals surface area contributed by atoms with Crippen LogP contribution in [0, 0.1) is 0 Å². The zero-order chi connectivity index (χ0) is 11.4. The highest BCUT2D eigenvalue weighted by atomic mass is 15.2. The number of rotatable bonds is 6. The number of piperazine rings is 1. The monoisotopic (exact) mass is 214 g/mol. The summed E-state index contributed by atoms with van der Waals surface area (Å²) in [6.07, 6.45) is 7.04. The van der Waals surface area contributed by atoms with Crippen LogP contribution in [0.2, 0.25) is 0 Å². The quantitative estimate of drug-likeness (QED) is 0.684. The lowest BCUT2D eigenvalue weighted by Gasteiger charge is -2.26. The first kappa shape index (κ1) is 14.9. The fourth-order valence-electron chi connectivity index (χ4n) is 1.87. The van der Waals surface area contributed by atoms with Crippen molar-refractivity contribution in [2.24, 2.45) is 0 Å². The number of hydrogen-bond acceptors (Lipinski definition) is 2. The van der Waals surface area contributed by atoms with Crippen molar-refractivity contribution in [2.75, 3.05) is 32.7 Å². The van der Waals surface area contributed by atoms with Crippen molar-refractivity contribution in [3.8, 4) is 0 Å². The largest absolute Gasteiger partial charge is 0.314 e. The lowest BCUT2D eigenvalue weighted by atomic mass is 10.1. The summed E-state index contributed by atoms with van der Waals surface area (Å²) in [5.74, 6) is 0. The Hall–Kier alpha value is -0.0800. The lowest BCUT2D eigenvalue weighted by molar-refractivity contribution is 0.236. The molecule has 1 N–H and O–H groups in total. The second-order valence-electron chi connectivity index (χ2n) is 4.01. The topological polar surface area (TPSA) is 15.3 Å². The SMILES string of the molecule is CC.CCCCCCCN1CCNCC1. The summed E-state index contributed by atoms with van der Waals surface area (Å²) in [5, 5.41) is 3.38. The molecule has 1 heterocycles.